The fourth-order valence-corrected chi connectivity index (χ4v) is 3.52. The first-order chi connectivity index (χ1) is 12.6. The lowest BCUT2D eigenvalue weighted by Crippen LogP contribution is -2.40. The van der Waals surface area contributed by atoms with Crippen LogP contribution in [0.1, 0.15) is 11.6 Å². The van der Waals surface area contributed by atoms with Crippen molar-refractivity contribution in [1.82, 2.24) is 14.8 Å². The molecule has 1 aliphatic heterocycles. The van der Waals surface area contributed by atoms with E-state index in [1.165, 1.54) is 6.33 Å². The average Bonchev–Trinajstić information content (AvgIpc) is 3.09. The van der Waals surface area contributed by atoms with Crippen molar-refractivity contribution >= 4 is 33.6 Å². The van der Waals surface area contributed by atoms with Crippen LogP contribution < -0.4 is 15.6 Å². The maximum Gasteiger partial charge on any atom is 0.319 e. The number of hydrogen-bond donors (Lipinski definition) is 2. The molecule has 0 fully saturated rings. The number of carbonyl (C=O) groups is 1. The molecule has 0 saturated carbocycles. The lowest BCUT2D eigenvalue weighted by atomic mass is 9.88. The summed E-state index contributed by atoms with van der Waals surface area (Å²) in [4.78, 5) is 20.3. The maximum atomic E-state index is 13.1. The Labute approximate surface area is 158 Å². The topological polar surface area (TPSA) is 86.0 Å². The van der Waals surface area contributed by atoms with Gasteiger partial charge < -0.3 is 5.32 Å². The molecule has 130 valence electrons. The molecule has 0 radical (unpaired) electrons. The summed E-state index contributed by atoms with van der Waals surface area (Å²) in [5.41, 5.74) is 1.51. The van der Waals surface area contributed by atoms with Crippen LogP contribution in [0.3, 0.4) is 0 Å². The fraction of sp³-hybridized carbons (Fsp3) is 0.111. The number of anilines is 2. The van der Waals surface area contributed by atoms with Gasteiger partial charge in [-0.05, 0) is 23.8 Å². The van der Waals surface area contributed by atoms with Gasteiger partial charge in [-0.2, -0.15) is 10.1 Å². The maximum absolute atomic E-state index is 13.1. The Bertz CT molecular complexity index is 971. The number of benzene rings is 1. The first kappa shape index (κ1) is 16.5. The van der Waals surface area contributed by atoms with E-state index in [-0.39, 0.29) is 11.9 Å². The molecule has 0 saturated heterocycles. The zero-order valence-electron chi connectivity index (χ0n) is 13.7. The summed E-state index contributed by atoms with van der Waals surface area (Å²) < 4.78 is 2.64. The van der Waals surface area contributed by atoms with Crippen molar-refractivity contribution in [3.63, 3.8) is 0 Å². The molecule has 3 N–H and O–H groups in total. The number of nitrogens with one attached hydrogen (secondary N) is 3. The summed E-state index contributed by atoms with van der Waals surface area (Å²) in [6.45, 7) is 4.06. The van der Waals surface area contributed by atoms with Crippen molar-refractivity contribution in [2.45, 2.75) is 6.04 Å². The number of amides is 1. The van der Waals surface area contributed by atoms with Crippen molar-refractivity contribution in [1.29, 1.82) is 0 Å². The summed E-state index contributed by atoms with van der Waals surface area (Å²) >= 11 is 3.50. The van der Waals surface area contributed by atoms with Gasteiger partial charge in [0.15, 0.2) is 0 Å². The Morgan fingerprint density at radius 1 is 1.31 bits per heavy atom. The second-order valence-electron chi connectivity index (χ2n) is 5.92. The summed E-state index contributed by atoms with van der Waals surface area (Å²) in [6, 6.07) is 13.0. The van der Waals surface area contributed by atoms with Gasteiger partial charge in [0.1, 0.15) is 18.3 Å². The molecule has 7 nitrogen and oxygen atoms in total. The third-order valence-corrected chi connectivity index (χ3v) is 4.73. The van der Waals surface area contributed by atoms with Crippen molar-refractivity contribution in [3.8, 4) is 0 Å². The fourth-order valence-electron chi connectivity index (χ4n) is 3.10. The third kappa shape index (κ3) is 2.99. The van der Waals surface area contributed by atoms with Crippen LogP contribution in [-0.4, -0.2) is 20.7 Å². The first-order valence-corrected chi connectivity index (χ1v) is 8.81. The largest absolute Gasteiger partial charge is 0.328 e. The minimum Gasteiger partial charge on any atom is -0.328 e. The van der Waals surface area contributed by atoms with E-state index in [1.54, 1.807) is 16.9 Å². The van der Waals surface area contributed by atoms with Gasteiger partial charge in [-0.1, -0.05) is 40.7 Å². The molecule has 2 atom stereocenters. The number of pyridine rings is 1. The van der Waals surface area contributed by atoms with Gasteiger partial charge in [0.25, 0.3) is 5.82 Å². The van der Waals surface area contributed by atoms with Crippen LogP contribution in [0.15, 0.2) is 71.7 Å². The number of halogens is 1. The van der Waals surface area contributed by atoms with Gasteiger partial charge >= 0.3 is 5.91 Å². The third-order valence-electron chi connectivity index (χ3n) is 4.24. The predicted octanol–water partition coefficient (Wildman–Crippen LogP) is 2.64. The lowest BCUT2D eigenvalue weighted by Gasteiger charge is -2.32. The summed E-state index contributed by atoms with van der Waals surface area (Å²) in [5, 5.41) is 10.3. The highest BCUT2D eigenvalue weighted by Crippen LogP contribution is 2.38. The molecule has 3 heterocycles. The van der Waals surface area contributed by atoms with Crippen molar-refractivity contribution < 1.29 is 9.78 Å². The van der Waals surface area contributed by atoms with E-state index >= 15 is 0 Å². The highest BCUT2D eigenvalue weighted by atomic mass is 79.9. The van der Waals surface area contributed by atoms with Crippen LogP contribution in [-0.2, 0) is 4.79 Å². The number of aromatic nitrogens is 4. The van der Waals surface area contributed by atoms with E-state index < -0.39 is 5.92 Å². The van der Waals surface area contributed by atoms with Gasteiger partial charge in [-0.3, -0.25) is 0 Å². The Morgan fingerprint density at radius 3 is 2.96 bits per heavy atom. The number of fused-ring (bicyclic) bond motifs is 1. The van der Waals surface area contributed by atoms with E-state index in [2.05, 4.69) is 48.2 Å². The van der Waals surface area contributed by atoms with Gasteiger partial charge in [0, 0.05) is 16.2 Å². The van der Waals surface area contributed by atoms with Gasteiger partial charge in [0.2, 0.25) is 5.95 Å². The van der Waals surface area contributed by atoms with E-state index in [4.69, 9.17) is 0 Å². The normalized spacial score (nSPS) is 18.7. The molecule has 1 aromatic carbocycles. The molecular weight excluding hydrogens is 396 g/mol. The highest BCUT2D eigenvalue weighted by molar-refractivity contribution is 9.10. The van der Waals surface area contributed by atoms with Crippen LogP contribution in [0.4, 0.5) is 11.8 Å². The smallest absolute Gasteiger partial charge is 0.319 e. The minimum atomic E-state index is -0.563. The molecule has 2 aromatic heterocycles. The van der Waals surface area contributed by atoms with E-state index in [0.717, 1.165) is 10.0 Å². The SMILES string of the molecule is C=C1Nc2ncnn2C(c2cccc(Br)c2)C1C(=O)Nc1cccc[nH+]1. The van der Waals surface area contributed by atoms with E-state index in [1.807, 2.05) is 36.4 Å². The number of rotatable bonds is 3. The average molecular weight is 412 g/mol. The Balaban J connectivity index is 1.75. The molecule has 1 aliphatic rings. The second kappa shape index (κ2) is 6.72. The standard InChI is InChI=1S/C18H15BrN6O/c1-11-15(17(26)24-14-7-2-3-8-20-14)16(12-5-4-6-13(19)9-12)25-18(23-11)21-10-22-25/h2-10,15-16H,1H2,(H,20,24,26)(H,21,22,23)/p+1. The first-order valence-electron chi connectivity index (χ1n) is 8.02. The molecule has 26 heavy (non-hydrogen) atoms. The van der Waals surface area contributed by atoms with Gasteiger partial charge in [-0.15, -0.1) is 0 Å². The summed E-state index contributed by atoms with van der Waals surface area (Å²) in [7, 11) is 0. The Hall–Kier alpha value is -3.00. The van der Waals surface area contributed by atoms with Gasteiger partial charge in [-0.25, -0.2) is 19.8 Å². The number of hydrogen-bond acceptors (Lipinski definition) is 4. The van der Waals surface area contributed by atoms with E-state index in [0.29, 0.717) is 17.5 Å². The second-order valence-corrected chi connectivity index (χ2v) is 6.84. The van der Waals surface area contributed by atoms with Crippen molar-refractivity contribution in [3.05, 3.63) is 77.3 Å². The number of nitrogens with zero attached hydrogens (tertiary/aromatic N) is 3. The summed E-state index contributed by atoms with van der Waals surface area (Å²) in [5.74, 6) is 0.432. The lowest BCUT2D eigenvalue weighted by molar-refractivity contribution is -0.360. The number of H-pyrrole nitrogens is 1. The molecule has 3 aromatic rings. The Kier molecular flexibility index (Phi) is 4.26. The number of aromatic amines is 1. The highest BCUT2D eigenvalue weighted by Gasteiger charge is 2.41. The molecule has 1 amide bonds. The quantitative estimate of drug-likeness (QED) is 0.693. The Morgan fingerprint density at radius 2 is 2.19 bits per heavy atom. The zero-order valence-corrected chi connectivity index (χ0v) is 15.3. The molecule has 8 heteroatoms. The zero-order chi connectivity index (χ0) is 18.1. The predicted molar refractivity (Wildman–Crippen MR) is 100 cm³/mol. The van der Waals surface area contributed by atoms with E-state index in [9.17, 15) is 4.79 Å². The molecule has 0 bridgehead atoms. The monoisotopic (exact) mass is 411 g/mol. The van der Waals surface area contributed by atoms with Crippen LogP contribution in [0.25, 0.3) is 0 Å². The molecule has 4 rings (SSSR count). The van der Waals surface area contributed by atoms with Crippen LogP contribution >= 0.6 is 15.9 Å². The molecule has 2 unspecified atom stereocenters. The minimum absolute atomic E-state index is 0.184. The van der Waals surface area contributed by atoms with Crippen molar-refractivity contribution in [2.75, 3.05) is 10.6 Å². The molecule has 0 spiro atoms. The van der Waals surface area contributed by atoms with Crippen LogP contribution in [0, 0.1) is 5.92 Å². The summed E-state index contributed by atoms with van der Waals surface area (Å²) in [6.07, 6.45) is 3.22. The number of carbonyl (C=O) groups excluding carboxylic acids is 1. The molecular formula is C18H16BrN6O+. The van der Waals surface area contributed by atoms with Crippen LogP contribution in [0.5, 0.6) is 0 Å². The van der Waals surface area contributed by atoms with Gasteiger partial charge in [0.05, 0.1) is 6.20 Å². The van der Waals surface area contributed by atoms with Crippen molar-refractivity contribution in [2.24, 2.45) is 5.92 Å². The molecule has 0 aliphatic carbocycles. The van der Waals surface area contributed by atoms with Crippen LogP contribution in [0.2, 0.25) is 0 Å².